The molecule has 1 heterocycles. The number of nitrogens with zero attached hydrogens (tertiary/aromatic N) is 1. The van der Waals surface area contributed by atoms with Crippen molar-refractivity contribution in [3.8, 4) is 0 Å². The number of carbonyl (C=O) groups excluding carboxylic acids is 1. The van der Waals surface area contributed by atoms with Crippen LogP contribution in [0.1, 0.15) is 57.8 Å². The maximum absolute atomic E-state index is 12.1. The topological polar surface area (TPSA) is 64.6 Å². The lowest BCUT2D eigenvalue weighted by Gasteiger charge is -2.59. The SMILES string of the molecule is O=C(Nc1cccc(N2CCC(NC3[C@@H]4CC5C[C@H]3CC(O)(C5)C4)CC2)c1)C1CC1. The fourth-order valence-electron chi connectivity index (χ4n) is 7.20. The molecule has 5 aliphatic carbocycles. The van der Waals surface area contributed by atoms with Crippen LogP contribution in [-0.2, 0) is 4.79 Å². The number of hydrogen-bond acceptors (Lipinski definition) is 4. The maximum Gasteiger partial charge on any atom is 0.227 e. The van der Waals surface area contributed by atoms with Gasteiger partial charge in [-0.25, -0.2) is 0 Å². The first-order valence-electron chi connectivity index (χ1n) is 12.2. The number of piperidine rings is 1. The first-order chi connectivity index (χ1) is 14.5. The van der Waals surface area contributed by atoms with E-state index in [4.69, 9.17) is 0 Å². The first kappa shape index (κ1) is 19.1. The van der Waals surface area contributed by atoms with Gasteiger partial charge in [-0.1, -0.05) is 6.07 Å². The number of carbonyl (C=O) groups is 1. The Labute approximate surface area is 179 Å². The highest BCUT2D eigenvalue weighted by molar-refractivity contribution is 5.94. The molecule has 162 valence electrons. The summed E-state index contributed by atoms with van der Waals surface area (Å²) >= 11 is 0. The monoisotopic (exact) mass is 409 g/mol. The Morgan fingerprint density at radius 2 is 1.77 bits per heavy atom. The predicted molar refractivity (Wildman–Crippen MR) is 118 cm³/mol. The molecule has 30 heavy (non-hydrogen) atoms. The van der Waals surface area contributed by atoms with E-state index in [0.717, 1.165) is 56.8 Å². The van der Waals surface area contributed by atoms with Crippen LogP contribution < -0.4 is 15.5 Å². The van der Waals surface area contributed by atoms with Crippen molar-refractivity contribution in [1.29, 1.82) is 0 Å². The van der Waals surface area contributed by atoms with E-state index in [-0.39, 0.29) is 17.4 Å². The molecule has 1 amide bonds. The van der Waals surface area contributed by atoms with Crippen molar-refractivity contribution in [2.45, 2.75) is 75.5 Å². The van der Waals surface area contributed by atoms with Gasteiger partial charge in [-0.05, 0) is 93.7 Å². The normalized spacial score (nSPS) is 38.1. The molecular weight excluding hydrogens is 374 g/mol. The molecule has 1 saturated heterocycles. The molecule has 0 aromatic heterocycles. The molecule has 5 nitrogen and oxygen atoms in total. The third kappa shape index (κ3) is 3.64. The van der Waals surface area contributed by atoms with E-state index in [9.17, 15) is 9.90 Å². The van der Waals surface area contributed by atoms with E-state index in [1.54, 1.807) is 0 Å². The van der Waals surface area contributed by atoms with Gasteiger partial charge in [0.25, 0.3) is 0 Å². The van der Waals surface area contributed by atoms with Crippen molar-refractivity contribution in [1.82, 2.24) is 5.32 Å². The van der Waals surface area contributed by atoms with Crippen LogP contribution in [0.15, 0.2) is 24.3 Å². The van der Waals surface area contributed by atoms with Gasteiger partial charge in [0.2, 0.25) is 5.91 Å². The maximum atomic E-state index is 12.1. The number of benzene rings is 1. The highest BCUT2D eigenvalue weighted by atomic mass is 16.3. The summed E-state index contributed by atoms with van der Waals surface area (Å²) in [6.45, 7) is 2.12. The zero-order chi connectivity index (χ0) is 20.3. The third-order valence-corrected chi connectivity index (χ3v) is 8.59. The van der Waals surface area contributed by atoms with Crippen LogP contribution >= 0.6 is 0 Å². The van der Waals surface area contributed by atoms with Gasteiger partial charge in [-0.15, -0.1) is 0 Å². The Balaban J connectivity index is 1.05. The minimum Gasteiger partial charge on any atom is -0.390 e. The Morgan fingerprint density at radius 1 is 1.03 bits per heavy atom. The van der Waals surface area contributed by atoms with Crippen molar-refractivity contribution in [3.05, 3.63) is 24.3 Å². The highest BCUT2D eigenvalue weighted by Gasteiger charge is 2.54. The second-order valence-corrected chi connectivity index (χ2v) is 11.0. The lowest BCUT2D eigenvalue weighted by molar-refractivity contribution is -0.140. The Kier molecular flexibility index (Phi) is 4.61. The van der Waals surface area contributed by atoms with Gasteiger partial charge < -0.3 is 20.6 Å². The average molecular weight is 410 g/mol. The summed E-state index contributed by atoms with van der Waals surface area (Å²) < 4.78 is 0. The van der Waals surface area contributed by atoms with Crippen LogP contribution in [0, 0.1) is 23.7 Å². The van der Waals surface area contributed by atoms with Crippen molar-refractivity contribution < 1.29 is 9.90 Å². The summed E-state index contributed by atoms with van der Waals surface area (Å²) in [5, 5.41) is 18.0. The highest BCUT2D eigenvalue weighted by Crippen LogP contribution is 2.55. The molecule has 6 aliphatic rings. The number of nitrogens with one attached hydrogen (secondary N) is 2. The minimum absolute atomic E-state index is 0.176. The zero-order valence-electron chi connectivity index (χ0n) is 17.9. The van der Waals surface area contributed by atoms with E-state index >= 15 is 0 Å². The smallest absolute Gasteiger partial charge is 0.227 e. The number of aliphatic hydroxyl groups is 1. The Hall–Kier alpha value is -1.59. The van der Waals surface area contributed by atoms with Gasteiger partial charge in [0.05, 0.1) is 5.60 Å². The number of anilines is 2. The number of amides is 1. The molecule has 0 radical (unpaired) electrons. The Morgan fingerprint density at radius 3 is 2.43 bits per heavy atom. The quantitative estimate of drug-likeness (QED) is 0.696. The van der Waals surface area contributed by atoms with Crippen LogP contribution in [-0.4, -0.2) is 41.8 Å². The van der Waals surface area contributed by atoms with Gasteiger partial charge in [-0.3, -0.25) is 4.79 Å². The van der Waals surface area contributed by atoms with Crippen molar-refractivity contribution in [3.63, 3.8) is 0 Å². The molecule has 1 aliphatic heterocycles. The van der Waals surface area contributed by atoms with Gasteiger partial charge in [-0.2, -0.15) is 0 Å². The number of hydrogen-bond donors (Lipinski definition) is 3. The first-order valence-corrected chi connectivity index (χ1v) is 12.2. The van der Waals surface area contributed by atoms with Crippen LogP contribution in [0.3, 0.4) is 0 Å². The van der Waals surface area contributed by atoms with Crippen LogP contribution in [0.2, 0.25) is 0 Å². The van der Waals surface area contributed by atoms with Crippen molar-refractivity contribution in [2.75, 3.05) is 23.3 Å². The largest absolute Gasteiger partial charge is 0.390 e. The second kappa shape index (κ2) is 7.23. The van der Waals surface area contributed by atoms with Crippen molar-refractivity contribution >= 4 is 17.3 Å². The molecule has 4 bridgehead atoms. The van der Waals surface area contributed by atoms with E-state index in [1.165, 1.54) is 31.4 Å². The lowest BCUT2D eigenvalue weighted by Crippen LogP contribution is -2.62. The van der Waals surface area contributed by atoms with Crippen molar-refractivity contribution in [2.24, 2.45) is 23.7 Å². The summed E-state index contributed by atoms with van der Waals surface area (Å²) in [7, 11) is 0. The van der Waals surface area contributed by atoms with Crippen LogP contribution in [0.4, 0.5) is 11.4 Å². The van der Waals surface area contributed by atoms with Gasteiger partial charge in [0, 0.05) is 42.5 Å². The van der Waals surface area contributed by atoms with Gasteiger partial charge >= 0.3 is 0 Å². The molecule has 6 fully saturated rings. The molecule has 3 unspecified atom stereocenters. The van der Waals surface area contributed by atoms with E-state index in [2.05, 4.69) is 33.7 Å². The summed E-state index contributed by atoms with van der Waals surface area (Å²) in [4.78, 5) is 14.5. The summed E-state index contributed by atoms with van der Waals surface area (Å²) in [5.74, 6) is 2.56. The summed E-state index contributed by atoms with van der Waals surface area (Å²) in [6, 6.07) is 9.57. The molecule has 1 aromatic rings. The fourth-order valence-corrected chi connectivity index (χ4v) is 7.20. The zero-order valence-corrected chi connectivity index (χ0v) is 17.9. The predicted octanol–water partition coefficient (Wildman–Crippen LogP) is 3.53. The Bertz CT molecular complexity index is 798. The summed E-state index contributed by atoms with van der Waals surface area (Å²) in [6.07, 6.45) is 10.2. The van der Waals surface area contributed by atoms with Crippen LogP contribution in [0.5, 0.6) is 0 Å². The van der Waals surface area contributed by atoms with E-state index < -0.39 is 0 Å². The van der Waals surface area contributed by atoms with E-state index in [1.807, 2.05) is 6.07 Å². The van der Waals surface area contributed by atoms with Gasteiger partial charge in [0.15, 0.2) is 0 Å². The lowest BCUT2D eigenvalue weighted by atomic mass is 9.52. The summed E-state index contributed by atoms with van der Waals surface area (Å²) in [5.41, 5.74) is 1.81. The molecule has 1 aromatic carbocycles. The molecule has 3 N–H and O–H groups in total. The van der Waals surface area contributed by atoms with Gasteiger partial charge in [0.1, 0.15) is 0 Å². The standard InChI is InChI=1S/C25H35N3O2/c29-24(17-4-5-17)27-21-2-1-3-22(12-21)28-8-6-20(7-9-28)26-23-18-10-16-11-19(23)15-25(30,13-16)14-18/h1-3,12,16-20,23,26,30H,4-11,13-15H2,(H,27,29)/t16?,18-,19+,23?,25?. The second-order valence-electron chi connectivity index (χ2n) is 11.0. The number of rotatable bonds is 5. The third-order valence-electron chi connectivity index (χ3n) is 8.59. The molecule has 5 heteroatoms. The molecule has 7 rings (SSSR count). The van der Waals surface area contributed by atoms with Crippen LogP contribution in [0.25, 0.3) is 0 Å². The van der Waals surface area contributed by atoms with E-state index in [0.29, 0.717) is 23.9 Å². The molecular formula is C25H35N3O2. The molecule has 5 saturated carbocycles. The minimum atomic E-state index is -0.335. The molecule has 5 atom stereocenters. The molecule has 0 spiro atoms. The fraction of sp³-hybridized carbons (Fsp3) is 0.720. The average Bonchev–Trinajstić information content (AvgIpc) is 3.56.